The Bertz CT molecular complexity index is 957. The highest BCUT2D eigenvalue weighted by atomic mass is 32.2. The van der Waals surface area contributed by atoms with Gasteiger partial charge in [0.25, 0.3) is 0 Å². The van der Waals surface area contributed by atoms with Crippen molar-refractivity contribution < 1.29 is 9.59 Å². The summed E-state index contributed by atoms with van der Waals surface area (Å²) < 4.78 is 0. The summed E-state index contributed by atoms with van der Waals surface area (Å²) in [5, 5.41) is 5.04. The molecule has 0 saturated carbocycles. The standard InChI is InChI=1S/C22H24N4O2S/c1-3-23-21(28)26-20(27)19(17-12-8-5-9-13-17)29-22-24-15(2)18(25-22)14-16-10-6-4-7-11-16/h4-13,19H,3,14H2,1-2H3,(H,24,25)(H2,23,26,27,28). The van der Waals surface area contributed by atoms with Gasteiger partial charge in [0.05, 0.1) is 5.69 Å². The van der Waals surface area contributed by atoms with Gasteiger partial charge in [-0.3, -0.25) is 10.1 Å². The lowest BCUT2D eigenvalue weighted by atomic mass is 10.1. The summed E-state index contributed by atoms with van der Waals surface area (Å²) in [4.78, 5) is 32.6. The second kappa shape index (κ2) is 9.93. The van der Waals surface area contributed by atoms with Crippen molar-refractivity contribution in [2.24, 2.45) is 0 Å². The lowest BCUT2D eigenvalue weighted by Crippen LogP contribution is -2.41. The number of amides is 3. The monoisotopic (exact) mass is 408 g/mol. The van der Waals surface area contributed by atoms with Gasteiger partial charge in [-0.1, -0.05) is 72.4 Å². The van der Waals surface area contributed by atoms with Crippen molar-refractivity contribution >= 4 is 23.7 Å². The largest absolute Gasteiger partial charge is 0.338 e. The molecule has 1 heterocycles. The van der Waals surface area contributed by atoms with Crippen molar-refractivity contribution in [2.45, 2.75) is 30.7 Å². The van der Waals surface area contributed by atoms with Crippen molar-refractivity contribution in [1.82, 2.24) is 20.6 Å². The minimum Gasteiger partial charge on any atom is -0.338 e. The minimum absolute atomic E-state index is 0.384. The third-order valence-electron chi connectivity index (χ3n) is 4.32. The molecule has 0 aliphatic heterocycles. The Morgan fingerprint density at radius 2 is 1.72 bits per heavy atom. The topological polar surface area (TPSA) is 86.9 Å². The molecule has 6 nitrogen and oxygen atoms in total. The number of aryl methyl sites for hydroxylation is 1. The lowest BCUT2D eigenvalue weighted by Gasteiger charge is -2.15. The molecular formula is C22H24N4O2S. The fourth-order valence-corrected chi connectivity index (χ4v) is 3.94. The Morgan fingerprint density at radius 1 is 1.07 bits per heavy atom. The number of H-pyrrole nitrogens is 1. The van der Waals surface area contributed by atoms with E-state index in [9.17, 15) is 9.59 Å². The van der Waals surface area contributed by atoms with E-state index in [2.05, 4.69) is 27.8 Å². The molecule has 3 amide bonds. The number of urea groups is 1. The molecule has 2 aromatic carbocycles. The van der Waals surface area contributed by atoms with E-state index in [1.807, 2.05) is 55.5 Å². The van der Waals surface area contributed by atoms with Crippen LogP contribution in [0.2, 0.25) is 0 Å². The van der Waals surface area contributed by atoms with E-state index in [0.717, 1.165) is 17.0 Å². The molecule has 0 saturated heterocycles. The van der Waals surface area contributed by atoms with Gasteiger partial charge in [-0.2, -0.15) is 0 Å². The first kappa shape index (κ1) is 20.7. The third kappa shape index (κ3) is 5.71. The maximum atomic E-state index is 12.8. The number of rotatable bonds is 7. The SMILES string of the molecule is CCNC(=O)NC(=O)C(Sc1nc(Cc2ccccc2)c(C)[nH]1)c1ccccc1. The number of benzene rings is 2. The second-order valence-electron chi connectivity index (χ2n) is 6.53. The highest BCUT2D eigenvalue weighted by molar-refractivity contribution is 8.00. The van der Waals surface area contributed by atoms with Crippen LogP contribution < -0.4 is 10.6 Å². The molecule has 0 spiro atoms. The Morgan fingerprint density at radius 3 is 2.38 bits per heavy atom. The van der Waals surface area contributed by atoms with Gasteiger partial charge in [0.1, 0.15) is 5.25 Å². The second-order valence-corrected chi connectivity index (χ2v) is 7.63. The number of nitrogens with one attached hydrogen (secondary N) is 3. The Hall–Kier alpha value is -3.06. The van der Waals surface area contributed by atoms with Crippen LogP contribution in [0.4, 0.5) is 4.79 Å². The van der Waals surface area contributed by atoms with Gasteiger partial charge in [-0.25, -0.2) is 9.78 Å². The lowest BCUT2D eigenvalue weighted by molar-refractivity contribution is -0.119. The van der Waals surface area contributed by atoms with Gasteiger partial charge in [-0.05, 0) is 25.0 Å². The molecule has 0 aliphatic rings. The molecule has 150 valence electrons. The summed E-state index contributed by atoms with van der Waals surface area (Å²) in [7, 11) is 0. The molecule has 1 atom stereocenters. The molecule has 7 heteroatoms. The van der Waals surface area contributed by atoms with Crippen LogP contribution in [0, 0.1) is 6.92 Å². The smallest absolute Gasteiger partial charge is 0.321 e. The molecule has 3 N–H and O–H groups in total. The van der Waals surface area contributed by atoms with Gasteiger partial charge in [-0.15, -0.1) is 0 Å². The number of carbonyl (C=O) groups is 2. The molecule has 3 rings (SSSR count). The molecule has 29 heavy (non-hydrogen) atoms. The molecule has 1 unspecified atom stereocenters. The van der Waals surface area contributed by atoms with Crippen LogP contribution >= 0.6 is 11.8 Å². The Balaban J connectivity index is 1.80. The number of carbonyl (C=O) groups excluding carboxylic acids is 2. The zero-order valence-electron chi connectivity index (χ0n) is 16.4. The van der Waals surface area contributed by atoms with E-state index >= 15 is 0 Å². The van der Waals surface area contributed by atoms with Gasteiger partial charge in [0.15, 0.2) is 5.16 Å². The predicted octanol–water partition coefficient (Wildman–Crippen LogP) is 3.99. The zero-order valence-corrected chi connectivity index (χ0v) is 17.3. The third-order valence-corrected chi connectivity index (χ3v) is 5.46. The van der Waals surface area contributed by atoms with Crippen LogP contribution in [0.1, 0.15) is 34.7 Å². The first-order chi connectivity index (χ1) is 14.1. The van der Waals surface area contributed by atoms with E-state index in [-0.39, 0.29) is 5.91 Å². The van der Waals surface area contributed by atoms with Crippen LogP contribution in [0.25, 0.3) is 0 Å². The van der Waals surface area contributed by atoms with Crippen LogP contribution in [-0.4, -0.2) is 28.5 Å². The number of imidazole rings is 1. The molecule has 3 aromatic rings. The van der Waals surface area contributed by atoms with Gasteiger partial charge in [0, 0.05) is 18.7 Å². The molecular weight excluding hydrogens is 384 g/mol. The Labute approximate surface area is 174 Å². The molecule has 0 radical (unpaired) electrons. The fourth-order valence-electron chi connectivity index (χ4n) is 2.88. The normalized spacial score (nSPS) is 11.7. The van der Waals surface area contributed by atoms with E-state index in [1.165, 1.54) is 17.3 Å². The quantitative estimate of drug-likeness (QED) is 0.516. The van der Waals surface area contributed by atoms with Crippen LogP contribution in [0.3, 0.4) is 0 Å². The molecule has 0 fully saturated rings. The van der Waals surface area contributed by atoms with Crippen molar-refractivity contribution in [1.29, 1.82) is 0 Å². The summed E-state index contributed by atoms with van der Waals surface area (Å²) in [6, 6.07) is 19.0. The highest BCUT2D eigenvalue weighted by Gasteiger charge is 2.25. The zero-order chi connectivity index (χ0) is 20.6. The summed E-state index contributed by atoms with van der Waals surface area (Å²) in [6.45, 7) is 4.22. The van der Waals surface area contributed by atoms with Crippen LogP contribution in [0.15, 0.2) is 65.8 Å². The molecule has 0 aliphatic carbocycles. The first-order valence-electron chi connectivity index (χ1n) is 9.46. The summed E-state index contributed by atoms with van der Waals surface area (Å²) >= 11 is 1.30. The number of aromatic nitrogens is 2. The summed E-state index contributed by atoms with van der Waals surface area (Å²) in [6.07, 6.45) is 0.713. The number of imide groups is 1. The van der Waals surface area contributed by atoms with Crippen molar-refractivity contribution in [2.75, 3.05) is 6.54 Å². The van der Waals surface area contributed by atoms with E-state index in [4.69, 9.17) is 4.98 Å². The summed E-state index contributed by atoms with van der Waals surface area (Å²) in [5.41, 5.74) is 3.88. The van der Waals surface area contributed by atoms with Gasteiger partial charge >= 0.3 is 6.03 Å². The van der Waals surface area contributed by atoms with Crippen LogP contribution in [-0.2, 0) is 11.2 Å². The van der Waals surface area contributed by atoms with E-state index in [0.29, 0.717) is 18.1 Å². The highest BCUT2D eigenvalue weighted by Crippen LogP contribution is 2.34. The van der Waals surface area contributed by atoms with E-state index in [1.54, 1.807) is 6.92 Å². The molecule has 1 aromatic heterocycles. The van der Waals surface area contributed by atoms with Crippen molar-refractivity contribution in [3.05, 3.63) is 83.2 Å². The molecule has 0 bridgehead atoms. The van der Waals surface area contributed by atoms with E-state index < -0.39 is 11.3 Å². The predicted molar refractivity (Wildman–Crippen MR) is 115 cm³/mol. The number of hydrogen-bond acceptors (Lipinski definition) is 4. The summed E-state index contributed by atoms with van der Waals surface area (Å²) in [5.74, 6) is -0.384. The maximum absolute atomic E-state index is 12.8. The van der Waals surface area contributed by atoms with Crippen molar-refractivity contribution in [3.63, 3.8) is 0 Å². The van der Waals surface area contributed by atoms with Gasteiger partial charge in [0.2, 0.25) is 5.91 Å². The number of hydrogen-bond donors (Lipinski definition) is 3. The Kier molecular flexibility index (Phi) is 7.08. The average Bonchev–Trinajstić information content (AvgIpc) is 3.06. The van der Waals surface area contributed by atoms with Crippen LogP contribution in [0.5, 0.6) is 0 Å². The minimum atomic E-state index is -0.603. The average molecular weight is 409 g/mol. The number of aromatic amines is 1. The number of thioether (sulfide) groups is 1. The maximum Gasteiger partial charge on any atom is 0.321 e. The fraction of sp³-hybridized carbons (Fsp3) is 0.227. The van der Waals surface area contributed by atoms with Crippen molar-refractivity contribution in [3.8, 4) is 0 Å². The number of nitrogens with zero attached hydrogens (tertiary/aromatic N) is 1. The first-order valence-corrected chi connectivity index (χ1v) is 10.3. The van der Waals surface area contributed by atoms with Gasteiger partial charge < -0.3 is 10.3 Å².